The number of carbonyl (C=O) groups is 2. The fraction of sp³-hybridized carbons (Fsp3) is 0.286. The largest absolute Gasteiger partial charge is 0.497 e. The molecule has 2 amide bonds. The molecule has 1 aromatic heterocycles. The Kier molecular flexibility index (Phi) is 7.20. The zero-order valence-electron chi connectivity index (χ0n) is 16.9. The van der Waals surface area contributed by atoms with Crippen LogP contribution in [-0.2, 0) is 17.8 Å². The molecule has 0 atom stereocenters. The highest BCUT2D eigenvalue weighted by Crippen LogP contribution is 2.36. The second-order valence-electron chi connectivity index (χ2n) is 6.74. The number of nitrogens with zero attached hydrogens (tertiary/aromatic N) is 1. The van der Waals surface area contributed by atoms with Gasteiger partial charge in [0.1, 0.15) is 10.8 Å². The molecule has 2 aromatic rings. The summed E-state index contributed by atoms with van der Waals surface area (Å²) in [5.41, 5.74) is 7.93. The molecule has 2 heterocycles. The van der Waals surface area contributed by atoms with Crippen molar-refractivity contribution < 1.29 is 14.3 Å². The summed E-state index contributed by atoms with van der Waals surface area (Å²) in [7, 11) is 1.60. The Labute approximate surface area is 184 Å². The fourth-order valence-electron chi connectivity index (χ4n) is 3.25. The van der Waals surface area contributed by atoms with Crippen LogP contribution in [0.15, 0.2) is 30.3 Å². The number of thiocarbonyl (C=S) groups is 1. The number of amides is 2. The van der Waals surface area contributed by atoms with Gasteiger partial charge >= 0.3 is 0 Å². The number of nitrogens with one attached hydrogen (secondary N) is 2. The average Bonchev–Trinajstić information content (AvgIpc) is 3.09. The van der Waals surface area contributed by atoms with E-state index >= 15 is 0 Å². The Morgan fingerprint density at radius 2 is 2.07 bits per heavy atom. The predicted octanol–water partition coefficient (Wildman–Crippen LogP) is 2.76. The Morgan fingerprint density at radius 3 is 2.70 bits per heavy atom. The van der Waals surface area contributed by atoms with Gasteiger partial charge in [-0.2, -0.15) is 0 Å². The van der Waals surface area contributed by atoms with Crippen LogP contribution in [0.2, 0.25) is 0 Å². The Morgan fingerprint density at radius 1 is 1.33 bits per heavy atom. The van der Waals surface area contributed by atoms with Gasteiger partial charge in [0.25, 0.3) is 5.91 Å². The standard InChI is InChI=1S/C21H24N4O3S2/c1-3-25-11-10-15-16(12-25)30-20(18(15)19(22)27)24-21(29)23-17(26)9-6-13-4-7-14(28-2)8-5-13/h4-9H,3,10-12H2,1-2H3,(H2,22,27)(H2,23,24,26,29)/b9-6+. The zero-order valence-corrected chi connectivity index (χ0v) is 18.5. The van der Waals surface area contributed by atoms with Crippen LogP contribution >= 0.6 is 23.6 Å². The molecule has 0 bridgehead atoms. The molecule has 0 radical (unpaired) electrons. The molecule has 0 saturated heterocycles. The van der Waals surface area contributed by atoms with Crippen LogP contribution in [0.4, 0.5) is 5.00 Å². The maximum atomic E-state index is 12.2. The minimum atomic E-state index is -0.492. The molecule has 0 spiro atoms. The van der Waals surface area contributed by atoms with Gasteiger partial charge in [-0.05, 0) is 54.5 Å². The SMILES string of the molecule is CCN1CCc2c(sc(NC(=S)NC(=O)/C=C/c3ccc(OC)cc3)c2C(N)=O)C1. The number of likely N-dealkylation sites (N-methyl/N-ethyl adjacent to an activating group) is 1. The van der Waals surface area contributed by atoms with E-state index in [1.54, 1.807) is 13.2 Å². The Balaban J connectivity index is 1.65. The van der Waals surface area contributed by atoms with Crippen molar-refractivity contribution in [1.29, 1.82) is 0 Å². The van der Waals surface area contributed by atoms with E-state index in [9.17, 15) is 9.59 Å². The highest BCUT2D eigenvalue weighted by atomic mass is 32.1. The molecule has 30 heavy (non-hydrogen) atoms. The monoisotopic (exact) mass is 444 g/mol. The van der Waals surface area contributed by atoms with Crippen molar-refractivity contribution >= 4 is 51.6 Å². The Bertz CT molecular complexity index is 983. The number of thiophene rings is 1. The molecule has 0 saturated carbocycles. The summed E-state index contributed by atoms with van der Waals surface area (Å²) in [6, 6.07) is 7.31. The number of primary amides is 1. The van der Waals surface area contributed by atoms with E-state index in [0.29, 0.717) is 10.6 Å². The maximum absolute atomic E-state index is 12.2. The van der Waals surface area contributed by atoms with Crippen molar-refractivity contribution in [2.75, 3.05) is 25.5 Å². The summed E-state index contributed by atoms with van der Waals surface area (Å²) >= 11 is 6.72. The number of hydrogen-bond acceptors (Lipinski definition) is 6. The van der Waals surface area contributed by atoms with Crippen molar-refractivity contribution in [3.8, 4) is 5.75 Å². The van der Waals surface area contributed by atoms with E-state index in [1.165, 1.54) is 17.4 Å². The van der Waals surface area contributed by atoms with Gasteiger partial charge in [0.05, 0.1) is 12.7 Å². The third-order valence-electron chi connectivity index (χ3n) is 4.84. The lowest BCUT2D eigenvalue weighted by Crippen LogP contribution is -2.33. The van der Waals surface area contributed by atoms with E-state index in [-0.39, 0.29) is 11.0 Å². The minimum absolute atomic E-state index is 0.118. The molecule has 9 heteroatoms. The van der Waals surface area contributed by atoms with Crippen molar-refractivity contribution in [2.45, 2.75) is 19.9 Å². The van der Waals surface area contributed by atoms with E-state index in [4.69, 9.17) is 22.7 Å². The highest BCUT2D eigenvalue weighted by Gasteiger charge is 2.26. The van der Waals surface area contributed by atoms with Crippen LogP contribution in [-0.4, -0.2) is 42.0 Å². The summed E-state index contributed by atoms with van der Waals surface area (Å²) in [6.45, 7) is 4.72. The first-order chi connectivity index (χ1) is 14.4. The molecule has 3 rings (SSSR count). The number of benzene rings is 1. The molecule has 1 aliphatic heterocycles. The highest BCUT2D eigenvalue weighted by molar-refractivity contribution is 7.80. The number of ether oxygens (including phenoxy) is 1. The summed E-state index contributed by atoms with van der Waals surface area (Å²) < 4.78 is 5.11. The van der Waals surface area contributed by atoms with E-state index in [1.807, 2.05) is 24.3 Å². The van der Waals surface area contributed by atoms with Crippen LogP contribution in [0.1, 0.15) is 33.3 Å². The summed E-state index contributed by atoms with van der Waals surface area (Å²) in [5, 5.41) is 6.27. The molecular weight excluding hydrogens is 420 g/mol. The van der Waals surface area contributed by atoms with Gasteiger partial charge in [-0.1, -0.05) is 19.1 Å². The molecule has 158 valence electrons. The minimum Gasteiger partial charge on any atom is -0.497 e. The quantitative estimate of drug-likeness (QED) is 0.468. The van der Waals surface area contributed by atoms with Gasteiger partial charge in [0.15, 0.2) is 5.11 Å². The fourth-order valence-corrected chi connectivity index (χ4v) is 4.82. The van der Waals surface area contributed by atoms with E-state index < -0.39 is 5.91 Å². The number of fused-ring (bicyclic) bond motifs is 1. The summed E-state index contributed by atoms with van der Waals surface area (Å²) in [4.78, 5) is 27.6. The van der Waals surface area contributed by atoms with Crippen LogP contribution < -0.4 is 21.1 Å². The van der Waals surface area contributed by atoms with Crippen molar-refractivity contribution in [2.24, 2.45) is 5.73 Å². The number of methoxy groups -OCH3 is 1. The number of hydrogen-bond donors (Lipinski definition) is 3. The van der Waals surface area contributed by atoms with Crippen LogP contribution in [0.3, 0.4) is 0 Å². The van der Waals surface area contributed by atoms with Gasteiger partial charge in [0.2, 0.25) is 5.91 Å². The van der Waals surface area contributed by atoms with Gasteiger partial charge in [-0.25, -0.2) is 0 Å². The lowest BCUT2D eigenvalue weighted by molar-refractivity contribution is -0.115. The first kappa shape index (κ1) is 21.9. The lowest BCUT2D eigenvalue weighted by atomic mass is 10.0. The molecule has 0 aliphatic carbocycles. The van der Waals surface area contributed by atoms with E-state index in [2.05, 4.69) is 22.5 Å². The third kappa shape index (κ3) is 5.24. The molecule has 0 fully saturated rings. The third-order valence-corrected chi connectivity index (χ3v) is 6.17. The smallest absolute Gasteiger partial charge is 0.251 e. The number of carbonyl (C=O) groups excluding carboxylic acids is 2. The van der Waals surface area contributed by atoms with Gasteiger partial charge in [0, 0.05) is 24.0 Å². The summed E-state index contributed by atoms with van der Waals surface area (Å²) in [6.07, 6.45) is 3.84. The first-order valence-corrected chi connectivity index (χ1v) is 10.7. The maximum Gasteiger partial charge on any atom is 0.251 e. The van der Waals surface area contributed by atoms with Gasteiger partial charge < -0.3 is 15.8 Å². The molecule has 4 N–H and O–H groups in total. The number of rotatable bonds is 6. The predicted molar refractivity (Wildman–Crippen MR) is 124 cm³/mol. The van der Waals surface area contributed by atoms with Gasteiger partial charge in [-0.15, -0.1) is 11.3 Å². The van der Waals surface area contributed by atoms with Crippen molar-refractivity contribution in [1.82, 2.24) is 10.2 Å². The molecule has 0 unspecified atom stereocenters. The summed E-state index contributed by atoms with van der Waals surface area (Å²) in [5.74, 6) is -0.121. The molecule has 1 aliphatic rings. The van der Waals surface area contributed by atoms with Crippen molar-refractivity contribution in [3.05, 3.63) is 51.9 Å². The second-order valence-corrected chi connectivity index (χ2v) is 8.25. The Hall–Kier alpha value is -2.75. The first-order valence-electron chi connectivity index (χ1n) is 9.52. The normalized spacial score (nSPS) is 13.7. The number of anilines is 1. The second kappa shape index (κ2) is 9.84. The zero-order chi connectivity index (χ0) is 21.7. The molecule has 1 aromatic carbocycles. The topological polar surface area (TPSA) is 96.7 Å². The van der Waals surface area contributed by atoms with Crippen LogP contribution in [0.25, 0.3) is 6.08 Å². The van der Waals surface area contributed by atoms with E-state index in [0.717, 1.165) is 47.8 Å². The molecule has 7 nitrogen and oxygen atoms in total. The van der Waals surface area contributed by atoms with Gasteiger partial charge in [-0.3, -0.25) is 19.8 Å². The average molecular weight is 445 g/mol. The molecular formula is C21H24N4O3S2. The van der Waals surface area contributed by atoms with Crippen LogP contribution in [0.5, 0.6) is 5.75 Å². The number of nitrogens with two attached hydrogens (primary N) is 1. The van der Waals surface area contributed by atoms with Crippen LogP contribution in [0, 0.1) is 0 Å². The lowest BCUT2D eigenvalue weighted by Gasteiger charge is -2.25. The van der Waals surface area contributed by atoms with Crippen molar-refractivity contribution in [3.63, 3.8) is 0 Å².